The molecule has 1 aliphatic heterocycles. The molecule has 0 fully saturated rings. The van der Waals surface area contributed by atoms with Gasteiger partial charge in [0.2, 0.25) is 5.71 Å². The third-order valence-corrected chi connectivity index (χ3v) is 15.7. The second-order valence-electron chi connectivity index (χ2n) is 17.0. The van der Waals surface area contributed by atoms with Crippen molar-refractivity contribution in [2.24, 2.45) is 0 Å². The summed E-state index contributed by atoms with van der Waals surface area (Å²) < 4.78 is 15.2. The quantitative estimate of drug-likeness (QED) is 0.0428. The normalized spacial score (nSPS) is 14.6. The summed E-state index contributed by atoms with van der Waals surface area (Å²) >= 11 is 0. The van der Waals surface area contributed by atoms with E-state index in [4.69, 9.17) is 9.47 Å². The number of methoxy groups -OCH3 is 2. The first-order valence-electron chi connectivity index (χ1n) is 23.2. The lowest BCUT2D eigenvalue weighted by atomic mass is 10.00. The third kappa shape index (κ3) is 14.7. The monoisotopic (exact) mass is 762 g/mol. The van der Waals surface area contributed by atoms with Gasteiger partial charge in [0.25, 0.3) is 0 Å². The van der Waals surface area contributed by atoms with Crippen LogP contribution in [-0.4, -0.2) is 58.8 Å². The summed E-state index contributed by atoms with van der Waals surface area (Å²) in [6.45, 7) is 18.9. The van der Waals surface area contributed by atoms with Gasteiger partial charge >= 0.3 is 0 Å². The van der Waals surface area contributed by atoms with Crippen LogP contribution in [0.25, 0.3) is 6.08 Å². The maximum Gasteiger partial charge on any atom is 0.203 e. The standard InChI is InChI=1S/C49H85N2O2Si/c1-9-13-17-21-25-29-33-50(34-30-26-22-18-14-10-2)42-37-46(52-5)44-41-45-47(53-6)38-43(40-49(45)54(7,8)48(44)39-42)51(35-31-27-23-19-15-11-3)36-32-28-24-20-16-12-4/h37-41H,9-36H2,1-8H3/q+1. The topological polar surface area (TPSA) is 24.7 Å². The van der Waals surface area contributed by atoms with Crippen LogP contribution in [0.4, 0.5) is 5.69 Å². The van der Waals surface area contributed by atoms with Gasteiger partial charge in [-0.05, 0) is 48.2 Å². The Morgan fingerprint density at radius 3 is 1.46 bits per heavy atom. The Labute approximate surface area is 336 Å². The molecule has 0 bridgehead atoms. The van der Waals surface area contributed by atoms with E-state index in [1.807, 2.05) is 14.2 Å². The minimum atomic E-state index is -2.14. The summed E-state index contributed by atoms with van der Waals surface area (Å²) in [6, 6.07) is 4.93. The highest BCUT2D eigenvalue weighted by molar-refractivity contribution is 6.97. The number of unbranched alkanes of at least 4 members (excludes halogenated alkanes) is 20. The van der Waals surface area contributed by atoms with Gasteiger partial charge in [-0.15, -0.1) is 0 Å². The van der Waals surface area contributed by atoms with Crippen LogP contribution in [0.5, 0.6) is 5.75 Å². The van der Waals surface area contributed by atoms with Gasteiger partial charge in [-0.3, -0.25) is 0 Å². The Balaban J connectivity index is 1.98. The summed E-state index contributed by atoms with van der Waals surface area (Å²) in [5.74, 6) is 2.03. The van der Waals surface area contributed by atoms with Crippen molar-refractivity contribution in [2.45, 2.75) is 195 Å². The molecule has 0 radical (unpaired) electrons. The van der Waals surface area contributed by atoms with Crippen LogP contribution in [0, 0.1) is 0 Å². The van der Waals surface area contributed by atoms with Crippen LogP contribution in [0.2, 0.25) is 13.1 Å². The van der Waals surface area contributed by atoms with Gasteiger partial charge in [0, 0.05) is 54.9 Å². The van der Waals surface area contributed by atoms with Crippen molar-refractivity contribution in [3.8, 4) is 5.75 Å². The molecule has 54 heavy (non-hydrogen) atoms. The molecule has 306 valence electrons. The molecular formula is C49H85N2O2Si+. The molecule has 0 atom stereocenters. The maximum absolute atomic E-state index is 6.26. The van der Waals surface area contributed by atoms with E-state index in [1.165, 1.54) is 187 Å². The molecule has 5 heteroatoms. The molecule has 1 heterocycles. The van der Waals surface area contributed by atoms with Crippen molar-refractivity contribution >= 4 is 30.7 Å². The van der Waals surface area contributed by atoms with Gasteiger partial charge in [-0.2, -0.15) is 0 Å². The summed E-state index contributed by atoms with van der Waals surface area (Å²) in [6.07, 6.45) is 39.3. The molecule has 2 aliphatic rings. The van der Waals surface area contributed by atoms with Crippen LogP contribution in [-0.2, 0) is 4.74 Å². The molecule has 1 aliphatic carbocycles. The van der Waals surface area contributed by atoms with Gasteiger partial charge in [-0.25, -0.2) is 4.58 Å². The minimum absolute atomic E-state index is 1.02. The lowest BCUT2D eigenvalue weighted by Gasteiger charge is -2.37. The summed E-state index contributed by atoms with van der Waals surface area (Å²) in [7, 11) is 1.60. The number of allylic oxidation sites excluding steroid dienone is 3. The van der Waals surface area contributed by atoms with E-state index >= 15 is 0 Å². The highest BCUT2D eigenvalue weighted by atomic mass is 28.3. The molecule has 0 saturated carbocycles. The Morgan fingerprint density at radius 1 is 0.537 bits per heavy atom. The van der Waals surface area contributed by atoms with E-state index in [1.54, 1.807) is 0 Å². The molecule has 0 saturated heterocycles. The zero-order valence-corrected chi connectivity index (χ0v) is 37.9. The number of ether oxygens (including phenoxy) is 2. The van der Waals surface area contributed by atoms with Crippen LogP contribution >= 0.6 is 0 Å². The number of fused-ring (bicyclic) bond motifs is 2. The molecule has 1 aromatic rings. The van der Waals surface area contributed by atoms with Crippen LogP contribution in [0.3, 0.4) is 0 Å². The van der Waals surface area contributed by atoms with Gasteiger partial charge in [-0.1, -0.05) is 156 Å². The van der Waals surface area contributed by atoms with E-state index in [-0.39, 0.29) is 0 Å². The zero-order chi connectivity index (χ0) is 39.0. The summed E-state index contributed by atoms with van der Waals surface area (Å²) in [5.41, 5.74) is 5.26. The first-order valence-corrected chi connectivity index (χ1v) is 26.2. The van der Waals surface area contributed by atoms with Crippen molar-refractivity contribution in [1.82, 2.24) is 0 Å². The Hall–Kier alpha value is -2.27. The smallest absolute Gasteiger partial charge is 0.203 e. The Bertz CT molecular complexity index is 1310. The van der Waals surface area contributed by atoms with E-state index in [2.05, 4.69) is 80.6 Å². The van der Waals surface area contributed by atoms with Crippen molar-refractivity contribution < 1.29 is 14.0 Å². The lowest BCUT2D eigenvalue weighted by molar-refractivity contribution is -0.527. The van der Waals surface area contributed by atoms with Gasteiger partial charge in [0.1, 0.15) is 32.7 Å². The summed E-state index contributed by atoms with van der Waals surface area (Å²) in [5, 5.41) is 3.02. The zero-order valence-electron chi connectivity index (χ0n) is 36.9. The molecule has 0 unspecified atom stereocenters. The fraction of sp³-hybridized carbons (Fsp3) is 0.735. The van der Waals surface area contributed by atoms with Crippen molar-refractivity contribution in [3.05, 3.63) is 46.4 Å². The SMILES string of the molecule is CCCCCCCCN(CCCCCCCC)c1cc(OC)c2c(c1)[Si](C)(C)C1=CC(=[N+](CCCCCCCC)CCCCCCCC)C=C(OC)C1=C2. The fourth-order valence-electron chi connectivity index (χ4n) is 8.62. The molecule has 0 amide bonds. The van der Waals surface area contributed by atoms with E-state index in [9.17, 15) is 0 Å². The van der Waals surface area contributed by atoms with Gasteiger partial charge < -0.3 is 14.4 Å². The second kappa shape index (κ2) is 26.6. The van der Waals surface area contributed by atoms with Crippen molar-refractivity contribution in [3.63, 3.8) is 0 Å². The van der Waals surface area contributed by atoms with Crippen molar-refractivity contribution in [1.29, 1.82) is 0 Å². The van der Waals surface area contributed by atoms with Crippen molar-refractivity contribution in [2.75, 3.05) is 45.3 Å². The average Bonchev–Trinajstić information content (AvgIpc) is 3.18. The fourth-order valence-corrected chi connectivity index (χ4v) is 11.7. The molecule has 0 aromatic heterocycles. The Morgan fingerprint density at radius 2 is 1.00 bits per heavy atom. The maximum atomic E-state index is 6.26. The van der Waals surface area contributed by atoms with E-state index in [0.717, 1.165) is 37.7 Å². The number of anilines is 1. The van der Waals surface area contributed by atoms with E-state index in [0.29, 0.717) is 0 Å². The van der Waals surface area contributed by atoms with Crippen LogP contribution in [0.15, 0.2) is 40.8 Å². The molecule has 4 nitrogen and oxygen atoms in total. The Kier molecular flexibility index (Phi) is 22.7. The number of rotatable bonds is 31. The molecule has 3 rings (SSSR count). The van der Waals surface area contributed by atoms with Crippen LogP contribution < -0.4 is 14.8 Å². The first-order chi connectivity index (χ1) is 26.4. The highest BCUT2D eigenvalue weighted by Gasteiger charge is 2.41. The molecule has 0 spiro atoms. The largest absolute Gasteiger partial charge is 0.496 e. The highest BCUT2D eigenvalue weighted by Crippen LogP contribution is 2.41. The number of nitrogens with zero attached hydrogens (tertiary/aromatic N) is 2. The molecule has 0 N–H and O–H groups in total. The third-order valence-electron chi connectivity index (χ3n) is 12.2. The lowest BCUT2D eigenvalue weighted by Crippen LogP contribution is -2.49. The number of benzene rings is 1. The predicted molar refractivity (Wildman–Crippen MR) is 242 cm³/mol. The van der Waals surface area contributed by atoms with E-state index < -0.39 is 8.07 Å². The molecular weight excluding hydrogens is 677 g/mol. The first kappa shape index (κ1) is 46.1. The second-order valence-corrected chi connectivity index (χ2v) is 21.4. The summed E-state index contributed by atoms with van der Waals surface area (Å²) in [4.78, 5) is 2.71. The average molecular weight is 762 g/mol. The molecule has 1 aromatic carbocycles. The van der Waals surface area contributed by atoms with Gasteiger partial charge in [0.15, 0.2) is 0 Å². The predicted octanol–water partition coefficient (Wildman–Crippen LogP) is 13.7. The van der Waals surface area contributed by atoms with Crippen LogP contribution in [0.1, 0.15) is 187 Å². The van der Waals surface area contributed by atoms with Gasteiger partial charge in [0.05, 0.1) is 20.3 Å². The minimum Gasteiger partial charge on any atom is -0.496 e. The number of hydrogen-bond donors (Lipinski definition) is 0. The number of hydrogen-bond acceptors (Lipinski definition) is 3.